The van der Waals surface area contributed by atoms with Crippen molar-refractivity contribution in [3.05, 3.63) is 147 Å². The van der Waals surface area contributed by atoms with Gasteiger partial charge in [0.1, 0.15) is 5.69 Å². The van der Waals surface area contributed by atoms with Gasteiger partial charge < -0.3 is 25.1 Å². The molecule has 15 nitrogen and oxygen atoms in total. The lowest BCUT2D eigenvalue weighted by atomic mass is 9.71. The number of sulfonamides is 1. The monoisotopic (exact) mass is 1020 g/mol. The molecule has 2 amide bonds. The molecule has 3 aliphatic rings. The highest BCUT2D eigenvalue weighted by atomic mass is 35.5. The molecular formula is C53H63ClN8O7S2. The third-order valence-corrected chi connectivity index (χ3v) is 16.9. The van der Waals surface area contributed by atoms with E-state index < -0.39 is 32.6 Å². The summed E-state index contributed by atoms with van der Waals surface area (Å²) in [5, 5.41) is 25.7. The fourth-order valence-corrected chi connectivity index (χ4v) is 12.0. The topological polar surface area (TPSA) is 172 Å². The van der Waals surface area contributed by atoms with Crippen LogP contribution in [0.3, 0.4) is 0 Å². The van der Waals surface area contributed by atoms with Gasteiger partial charge in [0.2, 0.25) is 0 Å². The van der Waals surface area contributed by atoms with Crippen molar-refractivity contribution in [3.8, 4) is 11.1 Å². The molecule has 3 N–H and O–H groups in total. The Bertz CT molecular complexity index is 2740. The maximum atomic E-state index is 13.5. The van der Waals surface area contributed by atoms with Gasteiger partial charge in [0.15, 0.2) is 0 Å². The van der Waals surface area contributed by atoms with Gasteiger partial charge in [0.05, 0.1) is 9.82 Å². The molecule has 18 heteroatoms. The highest BCUT2D eigenvalue weighted by Crippen LogP contribution is 2.42. The number of carbonyl (C=O) groups is 2. The van der Waals surface area contributed by atoms with Crippen LogP contribution in [-0.4, -0.2) is 135 Å². The molecule has 3 saturated heterocycles. The second kappa shape index (κ2) is 23.2. The first-order valence-electron chi connectivity index (χ1n) is 24.2. The van der Waals surface area contributed by atoms with Crippen molar-refractivity contribution >= 4 is 62.4 Å². The predicted molar refractivity (Wildman–Crippen MR) is 282 cm³/mol. The van der Waals surface area contributed by atoms with E-state index in [-0.39, 0.29) is 27.6 Å². The first-order chi connectivity index (χ1) is 34.1. The zero-order valence-electron chi connectivity index (χ0n) is 40.3. The first kappa shape index (κ1) is 51.7. The average Bonchev–Trinajstić information content (AvgIpc) is 3.36. The molecule has 376 valence electrons. The number of nitrogens with one attached hydrogen (secondary N) is 2. The zero-order chi connectivity index (χ0) is 50.1. The number of halogens is 1. The molecule has 3 fully saturated rings. The van der Waals surface area contributed by atoms with E-state index in [0.717, 1.165) is 107 Å². The number of likely N-dealkylation sites (tertiary alicyclic amines) is 2. The lowest BCUT2D eigenvalue weighted by molar-refractivity contribution is -0.384. The van der Waals surface area contributed by atoms with Crippen LogP contribution in [0.4, 0.5) is 21.9 Å². The first-order valence-corrected chi connectivity index (χ1v) is 27.1. The highest BCUT2D eigenvalue weighted by Gasteiger charge is 2.38. The number of anilines is 2. The number of benzene rings is 5. The van der Waals surface area contributed by atoms with Crippen molar-refractivity contribution in [2.45, 2.75) is 61.0 Å². The van der Waals surface area contributed by atoms with Crippen LogP contribution < -0.4 is 14.9 Å². The molecule has 0 aromatic heterocycles. The summed E-state index contributed by atoms with van der Waals surface area (Å²) < 4.78 is 29.1. The summed E-state index contributed by atoms with van der Waals surface area (Å²) in [7, 11) is -0.548. The molecule has 1 unspecified atom stereocenters. The predicted octanol–water partition coefficient (Wildman–Crippen LogP) is 9.24. The Hall–Kier alpha value is -5.69. The van der Waals surface area contributed by atoms with Gasteiger partial charge >= 0.3 is 6.09 Å². The van der Waals surface area contributed by atoms with E-state index in [9.17, 15) is 33.2 Å². The number of rotatable bonds is 18. The van der Waals surface area contributed by atoms with Crippen molar-refractivity contribution in [3.63, 3.8) is 0 Å². The van der Waals surface area contributed by atoms with Gasteiger partial charge in [-0.05, 0) is 154 Å². The zero-order valence-corrected chi connectivity index (χ0v) is 42.7. The Morgan fingerprint density at radius 1 is 0.817 bits per heavy atom. The van der Waals surface area contributed by atoms with Crippen molar-refractivity contribution in [1.29, 1.82) is 0 Å². The van der Waals surface area contributed by atoms with Crippen LogP contribution in [0.1, 0.15) is 53.6 Å². The number of amides is 2. The molecule has 0 radical (unpaired) electrons. The van der Waals surface area contributed by atoms with Crippen molar-refractivity contribution in [1.82, 2.24) is 24.3 Å². The van der Waals surface area contributed by atoms with Crippen molar-refractivity contribution in [2.75, 3.05) is 89.0 Å². The number of nitro benzene ring substituents is 1. The highest BCUT2D eigenvalue weighted by molar-refractivity contribution is 7.99. The summed E-state index contributed by atoms with van der Waals surface area (Å²) in [5.74, 6) is -0.209. The van der Waals surface area contributed by atoms with Crippen LogP contribution in [0.2, 0.25) is 5.02 Å². The maximum Gasteiger partial charge on any atom is 0.407 e. The van der Waals surface area contributed by atoms with E-state index in [4.69, 9.17) is 11.6 Å². The maximum absolute atomic E-state index is 13.5. The van der Waals surface area contributed by atoms with Gasteiger partial charge in [-0.3, -0.25) is 24.7 Å². The molecule has 5 aromatic rings. The smallest absolute Gasteiger partial charge is 0.407 e. The molecule has 0 saturated carbocycles. The van der Waals surface area contributed by atoms with Crippen molar-refractivity contribution < 1.29 is 28.0 Å². The van der Waals surface area contributed by atoms with Gasteiger partial charge in [-0.15, -0.1) is 11.8 Å². The SMILES string of the molecule is CN(C)CCC(CSc1ccccc1)Nc1ccc(S(=O)(=O)NC(=O)c2ccc(N3CCN(Cc4cc(CN5CCC6(CC5)CCN(C(=O)O)CC6)ccc4-c4ccc(Cl)cc4)CC3)cc2)cc1[N+](=O)[O-]. The number of nitro groups is 1. The fourth-order valence-electron chi connectivity index (χ4n) is 9.87. The number of piperazine rings is 1. The van der Waals surface area contributed by atoms with Crippen LogP contribution in [-0.2, 0) is 23.1 Å². The van der Waals surface area contributed by atoms with Gasteiger partial charge in [0, 0.05) is 91.4 Å². The number of nitrogens with zero attached hydrogens (tertiary/aromatic N) is 6. The minimum Gasteiger partial charge on any atom is -0.465 e. The van der Waals surface area contributed by atoms with E-state index in [1.165, 1.54) is 28.8 Å². The summed E-state index contributed by atoms with van der Waals surface area (Å²) in [6, 6.07) is 35.0. The number of hydrogen-bond donors (Lipinski definition) is 3. The average molecular weight is 1020 g/mol. The van der Waals surface area contributed by atoms with Crippen LogP contribution in [0.15, 0.2) is 125 Å². The van der Waals surface area contributed by atoms with Crippen LogP contribution in [0.25, 0.3) is 11.1 Å². The Morgan fingerprint density at radius 2 is 1.48 bits per heavy atom. The van der Waals surface area contributed by atoms with Gasteiger partial charge in [-0.1, -0.05) is 60.1 Å². The Balaban J connectivity index is 0.867. The number of carbonyl (C=O) groups excluding carboxylic acids is 1. The third kappa shape index (κ3) is 13.6. The molecule has 5 aromatic carbocycles. The minimum absolute atomic E-state index is 0.142. The summed E-state index contributed by atoms with van der Waals surface area (Å²) in [5.41, 5.74) is 5.89. The van der Waals surface area contributed by atoms with E-state index in [0.29, 0.717) is 30.3 Å². The second-order valence-corrected chi connectivity index (χ2v) is 22.5. The molecule has 3 heterocycles. The molecule has 3 aliphatic heterocycles. The number of thioether (sulfide) groups is 1. The van der Waals surface area contributed by atoms with Crippen molar-refractivity contribution in [2.24, 2.45) is 5.41 Å². The Kier molecular flexibility index (Phi) is 16.9. The van der Waals surface area contributed by atoms with E-state index in [1.807, 2.05) is 73.6 Å². The Morgan fingerprint density at radius 3 is 2.13 bits per heavy atom. The largest absolute Gasteiger partial charge is 0.465 e. The third-order valence-electron chi connectivity index (χ3n) is 14.2. The van der Waals surface area contributed by atoms with Gasteiger partial charge in [-0.25, -0.2) is 17.9 Å². The normalized spacial score (nSPS) is 17.0. The second-order valence-electron chi connectivity index (χ2n) is 19.3. The van der Waals surface area contributed by atoms with Crippen LogP contribution in [0, 0.1) is 15.5 Å². The minimum atomic E-state index is -4.46. The molecule has 71 heavy (non-hydrogen) atoms. The Labute approximate surface area is 426 Å². The molecule has 1 spiro atoms. The number of piperidine rings is 2. The molecule has 0 bridgehead atoms. The van der Waals surface area contributed by atoms with E-state index >= 15 is 0 Å². The van der Waals surface area contributed by atoms with Crippen LogP contribution >= 0.6 is 23.4 Å². The summed E-state index contributed by atoms with van der Waals surface area (Å²) >= 11 is 7.92. The fraction of sp³-hybridized carbons (Fsp3) is 0.396. The molecule has 8 rings (SSSR count). The summed E-state index contributed by atoms with van der Waals surface area (Å²) in [6.45, 7) is 8.74. The molecule has 1 atom stereocenters. The van der Waals surface area contributed by atoms with Crippen LogP contribution in [0.5, 0.6) is 0 Å². The van der Waals surface area contributed by atoms with Gasteiger partial charge in [0.25, 0.3) is 21.6 Å². The number of hydrogen-bond acceptors (Lipinski definition) is 12. The van der Waals surface area contributed by atoms with E-state index in [1.54, 1.807) is 28.8 Å². The standard InChI is InChI=1S/C53H63ClN8O7S2/c1-57(2)25-20-44(38-70-46-6-4-3-5-7-46)55-49-19-17-47(35-50(49)62(66)67)71(68,69)56-51(63)41-11-15-45(16-12-41)60-32-30-59(31-33-60)37-42-34-39(8-18-48(42)40-9-13-43(54)14-10-40)36-58-26-21-53(22-27-58)23-28-61(29-24-53)52(64)65/h3-19,34-35,44,55H,20-33,36-38H2,1-2H3,(H,56,63)(H,64,65). The molecule has 0 aliphatic carbocycles. The lowest BCUT2D eigenvalue weighted by Gasteiger charge is -2.46. The summed E-state index contributed by atoms with van der Waals surface area (Å²) in [4.78, 5) is 48.0. The lowest BCUT2D eigenvalue weighted by Crippen LogP contribution is -2.47. The van der Waals surface area contributed by atoms with Gasteiger partial charge in [-0.2, -0.15) is 0 Å². The van der Waals surface area contributed by atoms with E-state index in [2.05, 4.69) is 55.1 Å². The summed E-state index contributed by atoms with van der Waals surface area (Å²) in [6.07, 6.45) is 3.95. The quantitative estimate of drug-likeness (QED) is 0.0431. The number of carboxylic acid groups (broad SMARTS) is 1. The molecular weight excluding hydrogens is 960 g/mol.